The molecule has 8 heteroatoms. The van der Waals surface area contributed by atoms with Gasteiger partial charge in [0.25, 0.3) is 15.9 Å². The van der Waals surface area contributed by atoms with Crippen molar-refractivity contribution in [1.29, 1.82) is 0 Å². The van der Waals surface area contributed by atoms with Crippen molar-refractivity contribution in [3.8, 4) is 0 Å². The summed E-state index contributed by atoms with van der Waals surface area (Å²) < 4.78 is 28.0. The number of carbonyl (C=O) groups is 2. The van der Waals surface area contributed by atoms with Crippen LogP contribution in [0.25, 0.3) is 0 Å². The molecule has 3 rings (SSSR count). The first-order valence-electron chi connectivity index (χ1n) is 10.5. The number of hydrogen-bond donors (Lipinski definition) is 3. The molecule has 0 fully saturated rings. The largest absolute Gasteiger partial charge is 0.326 e. The van der Waals surface area contributed by atoms with Crippen LogP contribution in [-0.4, -0.2) is 20.2 Å². The van der Waals surface area contributed by atoms with Crippen LogP contribution in [0.2, 0.25) is 0 Å². The fourth-order valence-electron chi connectivity index (χ4n) is 2.99. The summed E-state index contributed by atoms with van der Waals surface area (Å²) in [6, 6.07) is 18.1. The van der Waals surface area contributed by atoms with Crippen LogP contribution in [-0.2, 0) is 14.8 Å². The van der Waals surface area contributed by atoms with E-state index in [2.05, 4.69) is 15.4 Å². The van der Waals surface area contributed by atoms with Gasteiger partial charge < -0.3 is 10.6 Å². The van der Waals surface area contributed by atoms with Crippen LogP contribution in [0.5, 0.6) is 0 Å². The number of para-hydroxylation sites is 1. The Balaban J connectivity index is 1.74. The highest BCUT2D eigenvalue weighted by molar-refractivity contribution is 7.92. The number of hydrogen-bond acceptors (Lipinski definition) is 4. The first kappa shape index (κ1) is 24.0. The molecular weight excluding hydrogens is 438 g/mol. The highest BCUT2D eigenvalue weighted by atomic mass is 32.2. The number of anilines is 3. The lowest BCUT2D eigenvalue weighted by Gasteiger charge is -2.13. The molecule has 33 heavy (non-hydrogen) atoms. The van der Waals surface area contributed by atoms with E-state index in [0.29, 0.717) is 22.6 Å². The molecule has 0 aliphatic rings. The second-order valence-corrected chi connectivity index (χ2v) is 9.75. The maximum absolute atomic E-state index is 12.7. The lowest BCUT2D eigenvalue weighted by molar-refractivity contribution is -0.118. The highest BCUT2D eigenvalue weighted by Crippen LogP contribution is 2.23. The Kier molecular flexibility index (Phi) is 7.18. The van der Waals surface area contributed by atoms with Crippen molar-refractivity contribution < 1.29 is 18.0 Å². The number of rotatable bonds is 7. The number of sulfonamides is 1. The van der Waals surface area contributed by atoms with E-state index in [0.717, 1.165) is 11.1 Å². The van der Waals surface area contributed by atoms with Crippen molar-refractivity contribution in [3.63, 3.8) is 0 Å². The molecule has 0 heterocycles. The predicted octanol–water partition coefficient (Wildman–Crippen LogP) is 4.95. The van der Waals surface area contributed by atoms with Gasteiger partial charge in [0.2, 0.25) is 5.91 Å². The molecule has 3 aromatic rings. The lowest BCUT2D eigenvalue weighted by atomic mass is 10.1. The molecule has 0 radical (unpaired) electrons. The maximum Gasteiger partial charge on any atom is 0.261 e. The fraction of sp³-hybridized carbons (Fsp3) is 0.200. The molecule has 2 amide bonds. The first-order valence-corrected chi connectivity index (χ1v) is 12.0. The van der Waals surface area contributed by atoms with Crippen LogP contribution in [0.4, 0.5) is 17.1 Å². The average Bonchev–Trinajstić information content (AvgIpc) is 2.77. The number of carbonyl (C=O) groups excluding carboxylic acids is 2. The Morgan fingerprint density at radius 3 is 2.06 bits per heavy atom. The van der Waals surface area contributed by atoms with Crippen molar-refractivity contribution in [2.24, 2.45) is 5.92 Å². The van der Waals surface area contributed by atoms with E-state index >= 15 is 0 Å². The van der Waals surface area contributed by atoms with E-state index in [1.807, 2.05) is 26.0 Å². The van der Waals surface area contributed by atoms with E-state index in [1.54, 1.807) is 44.2 Å². The minimum atomic E-state index is -3.79. The Labute approximate surface area is 194 Å². The van der Waals surface area contributed by atoms with Crippen LogP contribution in [0, 0.1) is 19.8 Å². The average molecular weight is 466 g/mol. The van der Waals surface area contributed by atoms with Gasteiger partial charge in [-0.1, -0.05) is 38.1 Å². The van der Waals surface area contributed by atoms with E-state index in [1.165, 1.54) is 24.3 Å². The van der Waals surface area contributed by atoms with Crippen molar-refractivity contribution in [2.75, 3.05) is 15.4 Å². The number of aryl methyl sites for hydroxylation is 2. The minimum absolute atomic E-state index is 0.0527. The summed E-state index contributed by atoms with van der Waals surface area (Å²) in [7, 11) is -3.79. The Bertz CT molecular complexity index is 1280. The van der Waals surface area contributed by atoms with Crippen LogP contribution in [0.15, 0.2) is 71.6 Å². The molecule has 3 N–H and O–H groups in total. The molecule has 0 saturated heterocycles. The summed E-state index contributed by atoms with van der Waals surface area (Å²) in [4.78, 5) is 24.7. The molecule has 0 aromatic heterocycles. The molecule has 172 valence electrons. The van der Waals surface area contributed by atoms with Gasteiger partial charge in [0.1, 0.15) is 0 Å². The molecule has 0 aliphatic heterocycles. The molecule has 0 spiro atoms. The second-order valence-electron chi connectivity index (χ2n) is 8.07. The summed E-state index contributed by atoms with van der Waals surface area (Å²) >= 11 is 0. The second kappa shape index (κ2) is 9.87. The Morgan fingerprint density at radius 2 is 1.42 bits per heavy atom. The van der Waals surface area contributed by atoms with Gasteiger partial charge in [-0.2, -0.15) is 0 Å². The van der Waals surface area contributed by atoms with Crippen LogP contribution in [0.3, 0.4) is 0 Å². The lowest BCUT2D eigenvalue weighted by Crippen LogP contribution is -2.18. The standard InChI is InChI=1S/C25H27N3O4S/c1-16(2)24(29)26-20-12-9-18(4)23(15-20)27-25(30)19-10-13-21(14-11-19)33(31,32)28-22-8-6-5-7-17(22)3/h5-16,28H,1-4H3,(H,26,29)(H,27,30). The molecule has 0 aliphatic carbocycles. The zero-order valence-electron chi connectivity index (χ0n) is 19.0. The zero-order valence-corrected chi connectivity index (χ0v) is 19.8. The van der Waals surface area contributed by atoms with Gasteiger partial charge in [0.05, 0.1) is 10.6 Å². The third-order valence-electron chi connectivity index (χ3n) is 5.09. The van der Waals surface area contributed by atoms with Crippen molar-refractivity contribution in [2.45, 2.75) is 32.6 Å². The predicted molar refractivity (Wildman–Crippen MR) is 131 cm³/mol. The third kappa shape index (κ3) is 5.98. The molecule has 7 nitrogen and oxygen atoms in total. The summed E-state index contributed by atoms with van der Waals surface area (Å²) in [5.41, 5.74) is 3.57. The maximum atomic E-state index is 12.7. The van der Waals surface area contributed by atoms with Crippen molar-refractivity contribution in [3.05, 3.63) is 83.4 Å². The molecule has 0 atom stereocenters. The van der Waals surface area contributed by atoms with Gasteiger partial charge in [0, 0.05) is 22.9 Å². The monoisotopic (exact) mass is 465 g/mol. The quantitative estimate of drug-likeness (QED) is 0.459. The van der Waals surface area contributed by atoms with Crippen LogP contribution < -0.4 is 15.4 Å². The number of nitrogens with one attached hydrogen (secondary N) is 3. The van der Waals surface area contributed by atoms with Gasteiger partial charge in [-0.3, -0.25) is 14.3 Å². The van der Waals surface area contributed by atoms with Crippen LogP contribution >= 0.6 is 0 Å². The van der Waals surface area contributed by atoms with Crippen molar-refractivity contribution >= 4 is 38.9 Å². The molecule has 0 unspecified atom stereocenters. The number of amides is 2. The molecular formula is C25H27N3O4S. The zero-order chi connectivity index (χ0) is 24.2. The van der Waals surface area contributed by atoms with Crippen LogP contribution in [0.1, 0.15) is 35.3 Å². The molecule has 3 aromatic carbocycles. The number of benzene rings is 3. The molecule has 0 saturated carbocycles. The topological polar surface area (TPSA) is 104 Å². The molecule has 0 bridgehead atoms. The van der Waals surface area contributed by atoms with Crippen molar-refractivity contribution in [1.82, 2.24) is 0 Å². The van der Waals surface area contributed by atoms with E-state index in [9.17, 15) is 18.0 Å². The third-order valence-corrected chi connectivity index (χ3v) is 6.48. The highest BCUT2D eigenvalue weighted by Gasteiger charge is 2.17. The Hall–Kier alpha value is -3.65. The SMILES string of the molecule is Cc1ccc(NC(=O)C(C)C)cc1NC(=O)c1ccc(S(=O)(=O)Nc2ccccc2C)cc1. The summed E-state index contributed by atoms with van der Waals surface area (Å²) in [5.74, 6) is -0.673. The van der Waals surface area contributed by atoms with E-state index in [-0.39, 0.29) is 22.6 Å². The summed E-state index contributed by atoms with van der Waals surface area (Å²) in [6.45, 7) is 7.26. The van der Waals surface area contributed by atoms with E-state index < -0.39 is 10.0 Å². The fourth-order valence-corrected chi connectivity index (χ4v) is 4.12. The van der Waals surface area contributed by atoms with Gasteiger partial charge in [0.15, 0.2) is 0 Å². The normalized spacial score (nSPS) is 11.2. The van der Waals surface area contributed by atoms with Gasteiger partial charge in [-0.15, -0.1) is 0 Å². The van der Waals surface area contributed by atoms with Gasteiger partial charge in [-0.25, -0.2) is 8.42 Å². The van der Waals surface area contributed by atoms with Gasteiger partial charge >= 0.3 is 0 Å². The smallest absolute Gasteiger partial charge is 0.261 e. The van der Waals surface area contributed by atoms with E-state index in [4.69, 9.17) is 0 Å². The summed E-state index contributed by atoms with van der Waals surface area (Å²) in [6.07, 6.45) is 0. The summed E-state index contributed by atoms with van der Waals surface area (Å²) in [5, 5.41) is 5.63. The van der Waals surface area contributed by atoms with Gasteiger partial charge in [-0.05, 0) is 67.4 Å². The first-order chi connectivity index (χ1) is 15.6. The minimum Gasteiger partial charge on any atom is -0.326 e. The Morgan fingerprint density at radius 1 is 0.788 bits per heavy atom.